The molecule has 0 fully saturated rings. The monoisotopic (exact) mass is 434 g/mol. The Morgan fingerprint density at radius 1 is 0.966 bits per heavy atom. The van der Waals surface area contributed by atoms with Crippen LogP contribution in [0.3, 0.4) is 0 Å². The molecule has 29 heavy (non-hydrogen) atoms. The Labute approximate surface area is 176 Å². The number of ketones is 1. The summed E-state index contributed by atoms with van der Waals surface area (Å²) in [6.07, 6.45) is -0.131. The first-order valence-electron chi connectivity index (χ1n) is 9.53. The van der Waals surface area contributed by atoms with E-state index in [1.54, 1.807) is 21.0 Å². The minimum Gasteiger partial charge on any atom is -0.481 e. The fourth-order valence-corrected chi connectivity index (χ4v) is 3.51. The van der Waals surface area contributed by atoms with Crippen LogP contribution in [-0.4, -0.2) is 90.2 Å². The lowest BCUT2D eigenvalue weighted by Crippen LogP contribution is -2.50. The van der Waals surface area contributed by atoms with Gasteiger partial charge in [0.1, 0.15) is 0 Å². The summed E-state index contributed by atoms with van der Waals surface area (Å²) < 4.78 is 0. The van der Waals surface area contributed by atoms with Crippen molar-refractivity contribution in [1.29, 1.82) is 0 Å². The minimum absolute atomic E-state index is 0.126. The van der Waals surface area contributed by atoms with E-state index >= 15 is 0 Å². The number of carboxylic acids is 1. The summed E-state index contributed by atoms with van der Waals surface area (Å²) in [4.78, 5) is 46.9. The molecule has 0 heterocycles. The molecule has 0 bridgehead atoms. The van der Waals surface area contributed by atoms with E-state index in [9.17, 15) is 24.3 Å². The predicted octanol–water partition coefficient (Wildman–Crippen LogP) is -1.28. The average Bonchev–Trinajstić information content (AvgIpc) is 2.65. The minimum atomic E-state index is -0.992. The molecule has 4 atom stereocenters. The molecule has 0 saturated heterocycles. The van der Waals surface area contributed by atoms with Crippen molar-refractivity contribution in [2.24, 2.45) is 0 Å². The number of hydrogen-bond donors (Lipinski definition) is 6. The van der Waals surface area contributed by atoms with Crippen LogP contribution in [0.1, 0.15) is 33.1 Å². The van der Waals surface area contributed by atoms with Crippen molar-refractivity contribution in [3.63, 3.8) is 0 Å². The van der Waals surface area contributed by atoms with Gasteiger partial charge in [0.25, 0.3) is 0 Å². The molecule has 0 aromatic rings. The molecule has 10 nitrogen and oxygen atoms in total. The maximum atomic E-state index is 12.3. The number of Topliss-reactive ketones (excluding diaryl/α,β-unsaturated/α-hetero) is 1. The summed E-state index contributed by atoms with van der Waals surface area (Å²) in [7, 11) is 3.23. The van der Waals surface area contributed by atoms with Crippen LogP contribution in [0.15, 0.2) is 0 Å². The molecule has 0 radical (unpaired) electrons. The number of carbonyl (C=O) groups excluding carboxylic acids is 3. The van der Waals surface area contributed by atoms with Gasteiger partial charge < -0.3 is 31.5 Å². The van der Waals surface area contributed by atoms with Gasteiger partial charge in [-0.3, -0.25) is 19.2 Å². The number of aliphatic hydroxyl groups is 1. The average molecular weight is 435 g/mol. The van der Waals surface area contributed by atoms with Crippen molar-refractivity contribution < 1.29 is 29.4 Å². The Morgan fingerprint density at radius 3 is 2.03 bits per heavy atom. The van der Waals surface area contributed by atoms with E-state index in [0.717, 1.165) is 0 Å². The van der Waals surface area contributed by atoms with Crippen molar-refractivity contribution in [3.8, 4) is 0 Å². The van der Waals surface area contributed by atoms with Crippen LogP contribution >= 0.6 is 11.8 Å². The maximum Gasteiger partial charge on any atom is 0.303 e. The van der Waals surface area contributed by atoms with Crippen LogP contribution in [0.25, 0.3) is 0 Å². The number of rotatable bonds is 16. The third-order valence-electron chi connectivity index (χ3n) is 4.19. The van der Waals surface area contributed by atoms with E-state index in [1.165, 1.54) is 18.7 Å². The molecule has 0 aromatic carbocycles. The number of aliphatic hydroxyl groups excluding tert-OH is 1. The molecule has 168 valence electrons. The van der Waals surface area contributed by atoms with Crippen molar-refractivity contribution in [3.05, 3.63) is 0 Å². The van der Waals surface area contributed by atoms with Crippen LogP contribution in [0.5, 0.6) is 0 Å². The number of aliphatic carboxylic acids is 1. The highest BCUT2D eigenvalue weighted by atomic mass is 32.2. The molecule has 0 aromatic heterocycles. The van der Waals surface area contributed by atoms with Gasteiger partial charge in [0, 0.05) is 18.7 Å². The van der Waals surface area contributed by atoms with Crippen molar-refractivity contribution in [2.75, 3.05) is 32.1 Å². The highest BCUT2D eigenvalue weighted by Gasteiger charge is 2.23. The van der Waals surface area contributed by atoms with Gasteiger partial charge in [-0.2, -0.15) is 11.8 Å². The van der Waals surface area contributed by atoms with Gasteiger partial charge in [0.05, 0.1) is 24.2 Å². The molecule has 0 rings (SSSR count). The number of nitrogens with one attached hydrogen (secondary N) is 4. The summed E-state index contributed by atoms with van der Waals surface area (Å²) in [5.41, 5.74) is 0. The standard InChI is InChI=1S/C18H34N4O6S/c1-11(23)9-21-17(27)14(20-4)7-8-29-10-15(12(2)24)22-18(28)13(19-3)5-6-16(25)26/h11,13-15,19-20,23H,5-10H2,1-4H3,(H,21,27)(H,22,28)(H,25,26)/t11-,13+,14+,15+/m1/s1. The summed E-state index contributed by atoms with van der Waals surface area (Å²) in [5.74, 6) is -0.878. The first kappa shape index (κ1) is 27.3. The molecule has 0 unspecified atom stereocenters. The highest BCUT2D eigenvalue weighted by molar-refractivity contribution is 7.99. The second kappa shape index (κ2) is 15.2. The molecule has 0 saturated carbocycles. The first-order valence-corrected chi connectivity index (χ1v) is 10.7. The Balaban J connectivity index is 4.49. The van der Waals surface area contributed by atoms with Crippen LogP contribution < -0.4 is 21.3 Å². The molecule has 0 spiro atoms. The number of thioether (sulfide) groups is 1. The van der Waals surface area contributed by atoms with Crippen LogP contribution in [0.2, 0.25) is 0 Å². The van der Waals surface area contributed by atoms with Crippen LogP contribution in [0, 0.1) is 0 Å². The Hall–Kier alpha value is -1.69. The molecular formula is C18H34N4O6S. The van der Waals surface area contributed by atoms with Gasteiger partial charge >= 0.3 is 5.97 Å². The van der Waals surface area contributed by atoms with E-state index in [-0.39, 0.29) is 31.1 Å². The van der Waals surface area contributed by atoms with E-state index in [4.69, 9.17) is 5.11 Å². The van der Waals surface area contributed by atoms with E-state index in [2.05, 4.69) is 21.3 Å². The number of carbonyl (C=O) groups is 4. The quantitative estimate of drug-likeness (QED) is 0.163. The number of amides is 2. The lowest BCUT2D eigenvalue weighted by molar-refractivity contribution is -0.137. The normalized spacial score (nSPS) is 15.1. The summed E-state index contributed by atoms with van der Waals surface area (Å²) in [6.45, 7) is 3.15. The molecule has 0 aliphatic carbocycles. The predicted molar refractivity (Wildman–Crippen MR) is 112 cm³/mol. The van der Waals surface area contributed by atoms with Gasteiger partial charge in [0.2, 0.25) is 11.8 Å². The number of likely N-dealkylation sites (N-methyl/N-ethyl adjacent to an activating group) is 2. The number of carboxylic acid groups (broad SMARTS) is 1. The zero-order valence-corrected chi connectivity index (χ0v) is 18.3. The second-order valence-electron chi connectivity index (χ2n) is 6.74. The van der Waals surface area contributed by atoms with Crippen LogP contribution in [0.4, 0.5) is 0 Å². The van der Waals surface area contributed by atoms with E-state index in [1.807, 2.05) is 0 Å². The summed E-state index contributed by atoms with van der Waals surface area (Å²) in [5, 5.41) is 29.0. The summed E-state index contributed by atoms with van der Waals surface area (Å²) >= 11 is 1.44. The van der Waals surface area contributed by atoms with Gasteiger partial charge in [-0.25, -0.2) is 0 Å². The topological polar surface area (TPSA) is 157 Å². The lowest BCUT2D eigenvalue weighted by Gasteiger charge is -2.21. The summed E-state index contributed by atoms with van der Waals surface area (Å²) in [6, 6.07) is -1.80. The van der Waals surface area contributed by atoms with Crippen molar-refractivity contribution in [1.82, 2.24) is 21.3 Å². The Morgan fingerprint density at radius 2 is 1.55 bits per heavy atom. The molecule has 2 amide bonds. The molecular weight excluding hydrogens is 400 g/mol. The Bertz CT molecular complexity index is 546. The first-order chi connectivity index (χ1) is 13.6. The molecule has 0 aliphatic rings. The smallest absolute Gasteiger partial charge is 0.303 e. The largest absolute Gasteiger partial charge is 0.481 e. The molecule has 0 aliphatic heterocycles. The zero-order valence-electron chi connectivity index (χ0n) is 17.5. The number of hydrogen-bond acceptors (Lipinski definition) is 8. The van der Waals surface area contributed by atoms with Crippen molar-refractivity contribution in [2.45, 2.75) is 57.3 Å². The third-order valence-corrected chi connectivity index (χ3v) is 5.28. The van der Waals surface area contributed by atoms with Gasteiger partial charge in [-0.15, -0.1) is 0 Å². The van der Waals surface area contributed by atoms with Crippen LogP contribution in [-0.2, 0) is 19.2 Å². The molecule has 6 N–H and O–H groups in total. The lowest BCUT2D eigenvalue weighted by atomic mass is 10.1. The van der Waals surface area contributed by atoms with Gasteiger partial charge in [-0.05, 0) is 46.5 Å². The van der Waals surface area contributed by atoms with E-state index in [0.29, 0.717) is 17.9 Å². The maximum absolute atomic E-state index is 12.3. The van der Waals surface area contributed by atoms with E-state index < -0.39 is 36.1 Å². The fraction of sp³-hybridized carbons (Fsp3) is 0.778. The highest BCUT2D eigenvalue weighted by Crippen LogP contribution is 2.09. The van der Waals surface area contributed by atoms with Crippen molar-refractivity contribution >= 4 is 35.3 Å². The third kappa shape index (κ3) is 12.5. The Kier molecular flexibility index (Phi) is 14.3. The molecule has 11 heteroatoms. The van der Waals surface area contributed by atoms with Gasteiger partial charge in [-0.1, -0.05) is 0 Å². The SMILES string of the molecule is CN[C@@H](CCSC[C@H](NC(=O)[C@H](CCC(=O)O)NC)C(C)=O)C(=O)NC[C@@H](C)O. The van der Waals surface area contributed by atoms with Gasteiger partial charge in [0.15, 0.2) is 5.78 Å². The second-order valence-corrected chi connectivity index (χ2v) is 7.89. The zero-order chi connectivity index (χ0) is 22.4. The fourth-order valence-electron chi connectivity index (χ4n) is 2.39.